The Bertz CT molecular complexity index is 1150. The maximum atomic E-state index is 13.9. The van der Waals surface area contributed by atoms with Gasteiger partial charge in [-0.05, 0) is 41.8 Å². The van der Waals surface area contributed by atoms with E-state index in [0.29, 0.717) is 10.3 Å². The van der Waals surface area contributed by atoms with Crippen molar-refractivity contribution in [3.63, 3.8) is 0 Å². The molecule has 1 fully saturated rings. The Morgan fingerprint density at radius 3 is 2.39 bits per heavy atom. The second kappa shape index (κ2) is 7.23. The van der Waals surface area contributed by atoms with E-state index in [9.17, 15) is 22.0 Å². The minimum absolute atomic E-state index is 0.0852. The maximum Gasteiger partial charge on any atom is 0.264 e. The predicted octanol–water partition coefficient (Wildman–Crippen LogP) is 3.33. The van der Waals surface area contributed by atoms with E-state index in [2.05, 4.69) is 0 Å². The standard InChI is InChI=1S/C19H16F2N2O3S2/c20-14-5-6-16-13(11-14)12-17(27-16)19(24)22-7-9-23(10-8-22)28(25,26)18-4-2-1-3-15(18)21/h1-6,11-12H,7-10H2. The molecule has 5 nitrogen and oxygen atoms in total. The van der Waals surface area contributed by atoms with Gasteiger partial charge in [0.2, 0.25) is 10.0 Å². The number of benzene rings is 2. The highest BCUT2D eigenvalue weighted by Gasteiger charge is 2.32. The number of hydrogen-bond acceptors (Lipinski definition) is 4. The molecule has 0 unspecified atom stereocenters. The van der Waals surface area contributed by atoms with Crippen molar-refractivity contribution < 1.29 is 22.0 Å². The molecular formula is C19H16F2N2O3S2. The molecule has 0 aliphatic carbocycles. The lowest BCUT2D eigenvalue weighted by Gasteiger charge is -2.33. The Morgan fingerprint density at radius 1 is 0.964 bits per heavy atom. The zero-order valence-corrected chi connectivity index (χ0v) is 16.3. The SMILES string of the molecule is O=C(c1cc2cc(F)ccc2s1)N1CCN(S(=O)(=O)c2ccccc2F)CC1. The largest absolute Gasteiger partial charge is 0.335 e. The molecule has 28 heavy (non-hydrogen) atoms. The fourth-order valence-electron chi connectivity index (χ4n) is 3.20. The first kappa shape index (κ1) is 19.0. The van der Waals surface area contributed by atoms with E-state index < -0.39 is 15.8 Å². The Hall–Kier alpha value is -2.36. The average molecular weight is 422 g/mol. The van der Waals surface area contributed by atoms with Crippen LogP contribution in [0.15, 0.2) is 53.4 Å². The molecule has 0 saturated carbocycles. The molecule has 3 aromatic rings. The summed E-state index contributed by atoms with van der Waals surface area (Å²) in [5.74, 6) is -1.38. The summed E-state index contributed by atoms with van der Waals surface area (Å²) < 4.78 is 54.6. The Balaban J connectivity index is 1.49. The lowest BCUT2D eigenvalue weighted by atomic mass is 10.2. The van der Waals surface area contributed by atoms with E-state index >= 15 is 0 Å². The number of hydrogen-bond donors (Lipinski definition) is 0. The Morgan fingerprint density at radius 2 is 1.68 bits per heavy atom. The number of rotatable bonds is 3. The first-order chi connectivity index (χ1) is 13.4. The summed E-state index contributed by atoms with van der Waals surface area (Å²) in [7, 11) is -3.95. The number of halogens is 2. The quantitative estimate of drug-likeness (QED) is 0.651. The monoisotopic (exact) mass is 422 g/mol. The van der Waals surface area contributed by atoms with E-state index in [1.54, 1.807) is 17.0 Å². The van der Waals surface area contributed by atoms with E-state index in [1.165, 1.54) is 46.0 Å². The summed E-state index contributed by atoms with van der Waals surface area (Å²) in [5, 5.41) is 0.661. The molecule has 0 spiro atoms. The first-order valence-electron chi connectivity index (χ1n) is 8.59. The van der Waals surface area contributed by atoms with Crippen LogP contribution in [-0.2, 0) is 10.0 Å². The third-order valence-electron chi connectivity index (χ3n) is 4.67. The molecule has 4 rings (SSSR count). The molecule has 9 heteroatoms. The molecule has 2 heterocycles. The number of piperazine rings is 1. The fourth-order valence-corrected chi connectivity index (χ4v) is 5.70. The second-order valence-corrected chi connectivity index (χ2v) is 9.41. The van der Waals surface area contributed by atoms with Gasteiger partial charge in [0, 0.05) is 30.9 Å². The molecular weight excluding hydrogens is 406 g/mol. The van der Waals surface area contributed by atoms with Gasteiger partial charge in [0.25, 0.3) is 5.91 Å². The maximum absolute atomic E-state index is 13.9. The highest BCUT2D eigenvalue weighted by atomic mass is 32.2. The molecule has 146 valence electrons. The molecule has 1 amide bonds. The summed E-state index contributed by atoms with van der Waals surface area (Å²) in [6.07, 6.45) is 0. The zero-order chi connectivity index (χ0) is 19.9. The number of carbonyl (C=O) groups excluding carboxylic acids is 1. The van der Waals surface area contributed by atoms with Crippen LogP contribution in [0.2, 0.25) is 0 Å². The van der Waals surface area contributed by atoms with Crippen molar-refractivity contribution in [3.05, 3.63) is 65.0 Å². The van der Waals surface area contributed by atoms with Gasteiger partial charge in [-0.2, -0.15) is 4.31 Å². The third-order valence-corrected chi connectivity index (χ3v) is 7.71. The lowest BCUT2D eigenvalue weighted by molar-refractivity contribution is 0.0702. The van der Waals surface area contributed by atoms with Crippen LogP contribution in [0.3, 0.4) is 0 Å². The molecule has 0 N–H and O–H groups in total. The van der Waals surface area contributed by atoms with Crippen LogP contribution in [0.4, 0.5) is 8.78 Å². The Kier molecular flexibility index (Phi) is 4.90. The van der Waals surface area contributed by atoms with Gasteiger partial charge in [-0.15, -0.1) is 11.3 Å². The highest BCUT2D eigenvalue weighted by molar-refractivity contribution is 7.89. The van der Waals surface area contributed by atoms with Crippen LogP contribution >= 0.6 is 11.3 Å². The molecule has 0 atom stereocenters. The molecule has 0 radical (unpaired) electrons. The van der Waals surface area contributed by atoms with Crippen molar-refractivity contribution in [1.29, 1.82) is 0 Å². The molecule has 1 saturated heterocycles. The highest BCUT2D eigenvalue weighted by Crippen LogP contribution is 2.28. The van der Waals surface area contributed by atoms with Crippen LogP contribution < -0.4 is 0 Å². The van der Waals surface area contributed by atoms with Gasteiger partial charge < -0.3 is 4.90 Å². The fraction of sp³-hybridized carbons (Fsp3) is 0.211. The van der Waals surface area contributed by atoms with Gasteiger partial charge in [-0.3, -0.25) is 4.79 Å². The second-order valence-electron chi connectivity index (χ2n) is 6.42. The van der Waals surface area contributed by atoms with Crippen LogP contribution in [0.25, 0.3) is 10.1 Å². The molecule has 1 aliphatic heterocycles. The summed E-state index contributed by atoms with van der Waals surface area (Å²) in [6.45, 7) is 0.577. The number of thiophene rings is 1. The van der Waals surface area contributed by atoms with Crippen molar-refractivity contribution in [3.8, 4) is 0 Å². The van der Waals surface area contributed by atoms with Crippen LogP contribution in [0.1, 0.15) is 9.67 Å². The zero-order valence-electron chi connectivity index (χ0n) is 14.6. The van der Waals surface area contributed by atoms with E-state index in [1.807, 2.05) is 0 Å². The summed E-state index contributed by atoms with van der Waals surface area (Å²) in [5.41, 5.74) is 0. The number of carbonyl (C=O) groups is 1. The minimum atomic E-state index is -3.95. The van der Waals surface area contributed by atoms with Gasteiger partial charge in [0.1, 0.15) is 16.5 Å². The van der Waals surface area contributed by atoms with Crippen molar-refractivity contribution in [2.45, 2.75) is 4.90 Å². The molecule has 1 aromatic heterocycles. The van der Waals surface area contributed by atoms with Crippen LogP contribution in [-0.4, -0.2) is 49.7 Å². The Labute approximate surface area is 164 Å². The van der Waals surface area contributed by atoms with E-state index in [4.69, 9.17) is 0 Å². The van der Waals surface area contributed by atoms with Gasteiger partial charge in [-0.1, -0.05) is 12.1 Å². The topological polar surface area (TPSA) is 57.7 Å². The van der Waals surface area contributed by atoms with Gasteiger partial charge in [-0.25, -0.2) is 17.2 Å². The van der Waals surface area contributed by atoms with Crippen molar-refractivity contribution in [2.75, 3.05) is 26.2 Å². The summed E-state index contributed by atoms with van der Waals surface area (Å²) in [4.78, 5) is 14.4. The summed E-state index contributed by atoms with van der Waals surface area (Å²) >= 11 is 1.27. The number of amides is 1. The number of nitrogens with zero attached hydrogens (tertiary/aromatic N) is 2. The van der Waals surface area contributed by atoms with Gasteiger partial charge in [0.05, 0.1) is 4.88 Å². The normalized spacial score (nSPS) is 15.9. The lowest BCUT2D eigenvalue weighted by Crippen LogP contribution is -2.50. The number of fused-ring (bicyclic) bond motifs is 1. The molecule has 2 aromatic carbocycles. The minimum Gasteiger partial charge on any atom is -0.335 e. The predicted molar refractivity (Wildman–Crippen MR) is 103 cm³/mol. The van der Waals surface area contributed by atoms with Crippen LogP contribution in [0, 0.1) is 11.6 Å². The average Bonchev–Trinajstić information content (AvgIpc) is 3.11. The number of sulfonamides is 1. The van der Waals surface area contributed by atoms with Crippen molar-refractivity contribution >= 4 is 37.4 Å². The van der Waals surface area contributed by atoms with Gasteiger partial charge in [0.15, 0.2) is 0 Å². The molecule has 0 bridgehead atoms. The van der Waals surface area contributed by atoms with E-state index in [0.717, 1.165) is 10.8 Å². The van der Waals surface area contributed by atoms with Crippen molar-refractivity contribution in [1.82, 2.24) is 9.21 Å². The smallest absolute Gasteiger partial charge is 0.264 e. The van der Waals surface area contributed by atoms with Crippen molar-refractivity contribution in [2.24, 2.45) is 0 Å². The first-order valence-corrected chi connectivity index (χ1v) is 10.8. The van der Waals surface area contributed by atoms with Crippen LogP contribution in [0.5, 0.6) is 0 Å². The van der Waals surface area contributed by atoms with E-state index in [-0.39, 0.29) is 42.8 Å². The third kappa shape index (κ3) is 3.41. The van der Waals surface area contributed by atoms with Gasteiger partial charge >= 0.3 is 0 Å². The summed E-state index contributed by atoms with van der Waals surface area (Å²) in [6, 6.07) is 11.2. The molecule has 1 aliphatic rings.